The third-order valence-electron chi connectivity index (χ3n) is 5.39. The first-order chi connectivity index (χ1) is 13.5. The molecule has 1 N–H and O–H groups in total. The number of hydrogen-bond acceptors (Lipinski definition) is 6. The Hall–Kier alpha value is -3.42. The molecule has 0 aromatic heterocycles. The molecule has 4 rings (SSSR count). The molecule has 1 aliphatic heterocycles. The first-order valence-electron chi connectivity index (χ1n) is 9.12. The molecular formula is C20H19N3O5. The predicted octanol–water partition coefficient (Wildman–Crippen LogP) is 4.73. The van der Waals surface area contributed by atoms with Gasteiger partial charge in [-0.1, -0.05) is 24.3 Å². The summed E-state index contributed by atoms with van der Waals surface area (Å²) in [6, 6.07) is 9.52. The van der Waals surface area contributed by atoms with Gasteiger partial charge in [0.05, 0.1) is 28.6 Å². The molecule has 144 valence electrons. The van der Waals surface area contributed by atoms with E-state index in [-0.39, 0.29) is 29.3 Å². The third kappa shape index (κ3) is 2.96. The number of anilines is 1. The summed E-state index contributed by atoms with van der Waals surface area (Å²) in [7, 11) is 0. The SMILES string of the molecule is CCOc1cc2c(c([N+](=O)[O-])c1)N[C@@H](c1ccc([N+](=O)[O-])cc1)[C@H]1CC=C[C@H]21. The van der Waals surface area contributed by atoms with Crippen molar-refractivity contribution in [3.8, 4) is 5.75 Å². The lowest BCUT2D eigenvalue weighted by molar-refractivity contribution is -0.384. The Morgan fingerprint density at radius 3 is 2.54 bits per heavy atom. The van der Waals surface area contributed by atoms with Gasteiger partial charge in [-0.25, -0.2) is 0 Å². The van der Waals surface area contributed by atoms with Crippen LogP contribution in [-0.4, -0.2) is 16.5 Å². The zero-order valence-corrected chi connectivity index (χ0v) is 15.2. The lowest BCUT2D eigenvalue weighted by Gasteiger charge is -2.37. The fraction of sp³-hybridized carbons (Fsp3) is 0.300. The van der Waals surface area contributed by atoms with E-state index in [0.717, 1.165) is 17.5 Å². The number of benzene rings is 2. The summed E-state index contributed by atoms with van der Waals surface area (Å²) in [5.41, 5.74) is 2.22. The largest absolute Gasteiger partial charge is 0.494 e. The van der Waals surface area contributed by atoms with E-state index in [2.05, 4.69) is 17.5 Å². The number of fused-ring (bicyclic) bond motifs is 3. The van der Waals surface area contributed by atoms with E-state index in [1.54, 1.807) is 12.1 Å². The van der Waals surface area contributed by atoms with Crippen LogP contribution in [0.5, 0.6) is 5.75 Å². The Morgan fingerprint density at radius 1 is 1.14 bits per heavy atom. The van der Waals surface area contributed by atoms with Crippen LogP contribution in [0.4, 0.5) is 17.1 Å². The molecule has 3 atom stereocenters. The van der Waals surface area contributed by atoms with Gasteiger partial charge in [-0.15, -0.1) is 0 Å². The summed E-state index contributed by atoms with van der Waals surface area (Å²) in [6.45, 7) is 2.27. The first-order valence-corrected chi connectivity index (χ1v) is 9.12. The number of nitro groups is 2. The van der Waals surface area contributed by atoms with Gasteiger partial charge in [0.15, 0.2) is 0 Å². The van der Waals surface area contributed by atoms with Crippen LogP contribution in [-0.2, 0) is 0 Å². The van der Waals surface area contributed by atoms with Crippen molar-refractivity contribution >= 4 is 17.1 Å². The number of hydrogen-bond donors (Lipinski definition) is 1. The molecule has 0 radical (unpaired) electrons. The Kier molecular flexibility index (Phi) is 4.46. The lowest BCUT2D eigenvalue weighted by Crippen LogP contribution is -2.29. The van der Waals surface area contributed by atoms with Gasteiger partial charge < -0.3 is 10.1 Å². The average molecular weight is 381 g/mol. The standard InChI is InChI=1S/C20H19N3O5/c1-2-28-14-10-17-15-4-3-5-16(15)19(21-20(17)18(11-14)23(26)27)12-6-8-13(9-7-12)22(24)25/h3-4,6-11,15-16,19,21H,2,5H2,1H3/t15-,16-,19-/m0/s1. The van der Waals surface area contributed by atoms with E-state index in [1.165, 1.54) is 18.2 Å². The molecule has 0 bridgehead atoms. The lowest BCUT2D eigenvalue weighted by atomic mass is 9.76. The number of nitro benzene ring substituents is 2. The summed E-state index contributed by atoms with van der Waals surface area (Å²) in [5, 5.41) is 26.0. The van der Waals surface area contributed by atoms with Crippen molar-refractivity contribution < 1.29 is 14.6 Å². The molecule has 8 nitrogen and oxygen atoms in total. The Morgan fingerprint density at radius 2 is 1.89 bits per heavy atom. The fourth-order valence-corrected chi connectivity index (χ4v) is 4.18. The van der Waals surface area contributed by atoms with Crippen molar-refractivity contribution in [2.24, 2.45) is 5.92 Å². The van der Waals surface area contributed by atoms with Crippen LogP contribution < -0.4 is 10.1 Å². The molecule has 28 heavy (non-hydrogen) atoms. The highest BCUT2D eigenvalue weighted by atomic mass is 16.6. The summed E-state index contributed by atoms with van der Waals surface area (Å²) in [6.07, 6.45) is 5.00. The minimum atomic E-state index is -0.437. The van der Waals surface area contributed by atoms with Crippen LogP contribution in [0.25, 0.3) is 0 Å². The van der Waals surface area contributed by atoms with Crippen LogP contribution in [0.1, 0.15) is 36.4 Å². The highest BCUT2D eigenvalue weighted by Crippen LogP contribution is 2.53. The molecule has 2 aromatic rings. The highest BCUT2D eigenvalue weighted by molar-refractivity contribution is 5.73. The average Bonchev–Trinajstić information content (AvgIpc) is 3.17. The van der Waals surface area contributed by atoms with Crippen molar-refractivity contribution in [1.82, 2.24) is 0 Å². The zero-order chi connectivity index (χ0) is 19.8. The van der Waals surface area contributed by atoms with Crippen molar-refractivity contribution in [2.45, 2.75) is 25.3 Å². The summed E-state index contributed by atoms with van der Waals surface area (Å²) >= 11 is 0. The fourth-order valence-electron chi connectivity index (χ4n) is 4.18. The summed E-state index contributed by atoms with van der Waals surface area (Å²) in [5.74, 6) is 0.684. The first kappa shape index (κ1) is 18.0. The Labute approximate surface area is 161 Å². The minimum absolute atomic E-state index is 0.0217. The number of rotatable bonds is 5. The number of ether oxygens (including phenoxy) is 1. The number of nitrogens with one attached hydrogen (secondary N) is 1. The molecule has 0 saturated heterocycles. The number of non-ortho nitro benzene ring substituents is 1. The molecule has 1 aliphatic carbocycles. The van der Waals surface area contributed by atoms with E-state index >= 15 is 0 Å². The predicted molar refractivity (Wildman–Crippen MR) is 104 cm³/mol. The van der Waals surface area contributed by atoms with Crippen LogP contribution in [0.15, 0.2) is 48.6 Å². The molecule has 2 aliphatic rings. The van der Waals surface area contributed by atoms with E-state index in [1.807, 2.05) is 13.0 Å². The van der Waals surface area contributed by atoms with Gasteiger partial charge >= 0.3 is 0 Å². The molecular weight excluding hydrogens is 362 g/mol. The minimum Gasteiger partial charge on any atom is -0.494 e. The van der Waals surface area contributed by atoms with Gasteiger partial charge in [0.2, 0.25) is 0 Å². The molecule has 0 saturated carbocycles. The zero-order valence-electron chi connectivity index (χ0n) is 15.2. The Bertz CT molecular complexity index is 971. The molecule has 1 heterocycles. The number of allylic oxidation sites excluding steroid dienone is 2. The molecule has 8 heteroatoms. The second-order valence-corrected chi connectivity index (χ2v) is 6.92. The molecule has 0 fully saturated rings. The van der Waals surface area contributed by atoms with Crippen molar-refractivity contribution in [3.63, 3.8) is 0 Å². The van der Waals surface area contributed by atoms with Crippen molar-refractivity contribution in [3.05, 3.63) is 79.9 Å². The van der Waals surface area contributed by atoms with Gasteiger partial charge in [0.25, 0.3) is 11.4 Å². The van der Waals surface area contributed by atoms with Crippen molar-refractivity contribution in [1.29, 1.82) is 0 Å². The molecule has 0 spiro atoms. The third-order valence-corrected chi connectivity index (χ3v) is 5.39. The van der Waals surface area contributed by atoms with Crippen LogP contribution in [0.2, 0.25) is 0 Å². The van der Waals surface area contributed by atoms with Gasteiger partial charge in [0.1, 0.15) is 11.4 Å². The van der Waals surface area contributed by atoms with Gasteiger partial charge in [-0.05, 0) is 36.5 Å². The maximum absolute atomic E-state index is 11.7. The number of nitrogens with zero attached hydrogens (tertiary/aromatic N) is 2. The van der Waals surface area contributed by atoms with Crippen LogP contribution in [0.3, 0.4) is 0 Å². The van der Waals surface area contributed by atoms with Crippen LogP contribution >= 0.6 is 0 Å². The van der Waals surface area contributed by atoms with Crippen molar-refractivity contribution in [2.75, 3.05) is 11.9 Å². The maximum atomic E-state index is 11.7. The molecule has 0 unspecified atom stereocenters. The van der Waals surface area contributed by atoms with E-state index < -0.39 is 9.85 Å². The van der Waals surface area contributed by atoms with Gasteiger partial charge in [-0.3, -0.25) is 20.2 Å². The second kappa shape index (κ2) is 6.95. The van der Waals surface area contributed by atoms with Gasteiger partial charge in [-0.2, -0.15) is 0 Å². The maximum Gasteiger partial charge on any atom is 0.296 e. The highest BCUT2D eigenvalue weighted by Gasteiger charge is 2.41. The van der Waals surface area contributed by atoms with E-state index in [0.29, 0.717) is 18.0 Å². The summed E-state index contributed by atoms with van der Waals surface area (Å²) in [4.78, 5) is 21.8. The normalized spacial score (nSPS) is 22.1. The van der Waals surface area contributed by atoms with E-state index in [4.69, 9.17) is 4.74 Å². The Balaban J connectivity index is 1.79. The molecule has 0 amide bonds. The topological polar surface area (TPSA) is 108 Å². The quantitative estimate of drug-likeness (QED) is 0.456. The second-order valence-electron chi connectivity index (χ2n) is 6.92. The van der Waals surface area contributed by atoms with Crippen LogP contribution in [0, 0.1) is 26.1 Å². The van der Waals surface area contributed by atoms with Gasteiger partial charge in [0, 0.05) is 18.1 Å². The monoisotopic (exact) mass is 381 g/mol. The summed E-state index contributed by atoms with van der Waals surface area (Å²) < 4.78 is 5.54. The molecule has 2 aromatic carbocycles. The van der Waals surface area contributed by atoms with E-state index in [9.17, 15) is 20.2 Å². The smallest absolute Gasteiger partial charge is 0.296 e.